The molecule has 0 spiro atoms. The zero-order chi connectivity index (χ0) is 18.6. The molecule has 0 amide bonds. The quantitative estimate of drug-likeness (QED) is 0.521. The summed E-state index contributed by atoms with van der Waals surface area (Å²) >= 11 is 0. The molecule has 0 N–H and O–H groups in total. The van der Waals surface area contributed by atoms with E-state index in [1.54, 1.807) is 36.0 Å². The third kappa shape index (κ3) is 3.84. The number of halogens is 1. The fraction of sp³-hybridized carbons (Fsp3) is 0.158. The van der Waals surface area contributed by atoms with Gasteiger partial charge in [-0.2, -0.15) is 0 Å². The lowest BCUT2D eigenvalue weighted by molar-refractivity contribution is 0.293. The van der Waals surface area contributed by atoms with Gasteiger partial charge in [0, 0.05) is 18.1 Å². The fourth-order valence-corrected chi connectivity index (χ4v) is 2.58. The standard InChI is InChI=1S/C19H16FN5O2/c1-13-22-23-19(27-13)14-6-8-17(9-7-14)26-12-16-10-21-24-25(16)11-15-4-2-3-5-18(15)20/h2-10H,11-12H2,1H3. The van der Waals surface area contributed by atoms with E-state index < -0.39 is 0 Å². The molecule has 0 fully saturated rings. The van der Waals surface area contributed by atoms with Crippen LogP contribution in [0.25, 0.3) is 11.5 Å². The molecule has 0 aliphatic heterocycles. The largest absolute Gasteiger partial charge is 0.487 e. The Hall–Kier alpha value is -3.55. The van der Waals surface area contributed by atoms with Crippen LogP contribution < -0.4 is 4.74 Å². The number of aryl methyl sites for hydroxylation is 1. The molecular formula is C19H16FN5O2. The highest BCUT2D eigenvalue weighted by molar-refractivity contribution is 5.53. The first-order chi connectivity index (χ1) is 13.2. The van der Waals surface area contributed by atoms with Crippen molar-refractivity contribution < 1.29 is 13.5 Å². The number of ether oxygens (including phenoxy) is 1. The maximum Gasteiger partial charge on any atom is 0.247 e. The first-order valence-electron chi connectivity index (χ1n) is 8.33. The van der Waals surface area contributed by atoms with Gasteiger partial charge in [0.1, 0.15) is 18.2 Å². The third-order valence-corrected chi connectivity index (χ3v) is 3.99. The van der Waals surface area contributed by atoms with Crippen molar-refractivity contribution in [3.05, 3.63) is 77.7 Å². The highest BCUT2D eigenvalue weighted by atomic mass is 19.1. The summed E-state index contributed by atoms with van der Waals surface area (Å²) in [6.45, 7) is 2.30. The number of rotatable bonds is 6. The summed E-state index contributed by atoms with van der Waals surface area (Å²) in [5.41, 5.74) is 2.10. The minimum Gasteiger partial charge on any atom is -0.487 e. The van der Waals surface area contributed by atoms with Crippen LogP contribution in [-0.2, 0) is 13.2 Å². The second kappa shape index (κ2) is 7.36. The Morgan fingerprint density at radius 1 is 1.07 bits per heavy atom. The minimum absolute atomic E-state index is 0.264. The van der Waals surface area contributed by atoms with Crippen molar-refractivity contribution in [3.8, 4) is 17.2 Å². The van der Waals surface area contributed by atoms with Crippen molar-refractivity contribution in [2.24, 2.45) is 0 Å². The van der Waals surface area contributed by atoms with E-state index in [1.165, 1.54) is 6.07 Å². The van der Waals surface area contributed by atoms with Gasteiger partial charge in [0.25, 0.3) is 0 Å². The first-order valence-corrected chi connectivity index (χ1v) is 8.33. The average molecular weight is 365 g/mol. The monoisotopic (exact) mass is 365 g/mol. The SMILES string of the molecule is Cc1nnc(-c2ccc(OCc3cnnn3Cc3ccccc3F)cc2)o1. The van der Waals surface area contributed by atoms with E-state index in [1.807, 2.05) is 24.3 Å². The van der Waals surface area contributed by atoms with Gasteiger partial charge in [-0.05, 0) is 30.3 Å². The van der Waals surface area contributed by atoms with Crippen LogP contribution in [0.15, 0.2) is 59.1 Å². The summed E-state index contributed by atoms with van der Waals surface area (Å²) in [5, 5.41) is 15.7. The van der Waals surface area contributed by atoms with Crippen molar-refractivity contribution in [2.75, 3.05) is 0 Å². The Morgan fingerprint density at radius 3 is 2.63 bits per heavy atom. The van der Waals surface area contributed by atoms with E-state index >= 15 is 0 Å². The Balaban J connectivity index is 1.42. The van der Waals surface area contributed by atoms with Crippen LogP contribution in [0.3, 0.4) is 0 Å². The molecule has 0 unspecified atom stereocenters. The molecule has 4 aromatic rings. The van der Waals surface area contributed by atoms with Gasteiger partial charge in [0.2, 0.25) is 11.8 Å². The van der Waals surface area contributed by atoms with Crippen LogP contribution in [0.5, 0.6) is 5.75 Å². The normalized spacial score (nSPS) is 10.9. The van der Waals surface area contributed by atoms with Crippen LogP contribution in [0.4, 0.5) is 4.39 Å². The lowest BCUT2D eigenvalue weighted by Crippen LogP contribution is -2.10. The molecule has 8 heteroatoms. The van der Waals surface area contributed by atoms with E-state index in [9.17, 15) is 4.39 Å². The van der Waals surface area contributed by atoms with Crippen LogP contribution in [0.2, 0.25) is 0 Å². The molecule has 2 aromatic carbocycles. The molecule has 0 saturated heterocycles. The molecule has 0 aliphatic carbocycles. The summed E-state index contributed by atoms with van der Waals surface area (Å²) < 4.78 is 26.6. The Kier molecular flexibility index (Phi) is 4.61. The van der Waals surface area contributed by atoms with Crippen molar-refractivity contribution in [3.63, 3.8) is 0 Å². The number of hydrogen-bond acceptors (Lipinski definition) is 6. The number of hydrogen-bond donors (Lipinski definition) is 0. The van der Waals surface area contributed by atoms with Gasteiger partial charge < -0.3 is 9.15 Å². The molecule has 2 aromatic heterocycles. The van der Waals surface area contributed by atoms with Crippen LogP contribution in [-0.4, -0.2) is 25.2 Å². The van der Waals surface area contributed by atoms with E-state index in [4.69, 9.17) is 9.15 Å². The zero-order valence-electron chi connectivity index (χ0n) is 14.5. The topological polar surface area (TPSA) is 78.9 Å². The van der Waals surface area contributed by atoms with Crippen molar-refractivity contribution in [1.29, 1.82) is 0 Å². The molecule has 0 aliphatic rings. The Labute approximate surface area is 154 Å². The lowest BCUT2D eigenvalue weighted by atomic mass is 10.2. The molecular weight excluding hydrogens is 349 g/mol. The van der Waals surface area contributed by atoms with E-state index in [2.05, 4.69) is 20.5 Å². The van der Waals surface area contributed by atoms with Gasteiger partial charge in [-0.1, -0.05) is 23.4 Å². The first kappa shape index (κ1) is 16.9. The van der Waals surface area contributed by atoms with Crippen molar-refractivity contribution in [2.45, 2.75) is 20.1 Å². The molecule has 0 radical (unpaired) electrons. The molecule has 27 heavy (non-hydrogen) atoms. The molecule has 0 saturated carbocycles. The number of nitrogens with zero attached hydrogens (tertiary/aromatic N) is 5. The molecule has 0 atom stereocenters. The minimum atomic E-state index is -0.272. The number of aromatic nitrogens is 5. The summed E-state index contributed by atoms with van der Waals surface area (Å²) in [5.74, 6) is 1.38. The third-order valence-electron chi connectivity index (χ3n) is 3.99. The lowest BCUT2D eigenvalue weighted by Gasteiger charge is -2.09. The average Bonchev–Trinajstić information content (AvgIpc) is 3.31. The second-order valence-electron chi connectivity index (χ2n) is 5.91. The molecule has 2 heterocycles. The van der Waals surface area contributed by atoms with Gasteiger partial charge in [-0.15, -0.1) is 15.3 Å². The molecule has 7 nitrogen and oxygen atoms in total. The van der Waals surface area contributed by atoms with Crippen LogP contribution in [0.1, 0.15) is 17.1 Å². The zero-order valence-corrected chi connectivity index (χ0v) is 14.5. The van der Waals surface area contributed by atoms with E-state index in [0.29, 0.717) is 29.6 Å². The van der Waals surface area contributed by atoms with Gasteiger partial charge in [-0.25, -0.2) is 9.07 Å². The fourth-order valence-electron chi connectivity index (χ4n) is 2.58. The number of benzene rings is 2. The maximum atomic E-state index is 13.8. The summed E-state index contributed by atoms with van der Waals surface area (Å²) in [6.07, 6.45) is 1.61. The van der Waals surface area contributed by atoms with Gasteiger partial charge in [-0.3, -0.25) is 0 Å². The smallest absolute Gasteiger partial charge is 0.247 e. The second-order valence-corrected chi connectivity index (χ2v) is 5.91. The summed E-state index contributed by atoms with van der Waals surface area (Å²) in [6, 6.07) is 13.9. The van der Waals surface area contributed by atoms with Crippen molar-refractivity contribution >= 4 is 0 Å². The summed E-state index contributed by atoms with van der Waals surface area (Å²) in [4.78, 5) is 0. The van der Waals surface area contributed by atoms with E-state index in [0.717, 1.165) is 11.3 Å². The Morgan fingerprint density at radius 2 is 1.89 bits per heavy atom. The van der Waals surface area contributed by atoms with Crippen molar-refractivity contribution in [1.82, 2.24) is 25.2 Å². The maximum absolute atomic E-state index is 13.8. The van der Waals surface area contributed by atoms with Crippen LogP contribution in [0, 0.1) is 12.7 Å². The predicted molar refractivity (Wildman–Crippen MR) is 94.3 cm³/mol. The predicted octanol–water partition coefficient (Wildman–Crippen LogP) is 3.40. The van der Waals surface area contributed by atoms with Gasteiger partial charge >= 0.3 is 0 Å². The van der Waals surface area contributed by atoms with E-state index in [-0.39, 0.29) is 12.4 Å². The molecule has 4 rings (SSSR count). The molecule has 136 valence electrons. The highest BCUT2D eigenvalue weighted by Crippen LogP contribution is 2.22. The van der Waals surface area contributed by atoms with Gasteiger partial charge in [0.05, 0.1) is 18.4 Å². The highest BCUT2D eigenvalue weighted by Gasteiger charge is 2.09. The van der Waals surface area contributed by atoms with Gasteiger partial charge in [0.15, 0.2) is 0 Å². The molecule has 0 bridgehead atoms. The summed E-state index contributed by atoms with van der Waals surface area (Å²) in [7, 11) is 0. The Bertz CT molecular complexity index is 1040. The van der Waals surface area contributed by atoms with Crippen LogP contribution >= 0.6 is 0 Å².